The highest BCUT2D eigenvalue weighted by Crippen LogP contribution is 2.43. The van der Waals surface area contributed by atoms with Crippen molar-refractivity contribution in [3.05, 3.63) is 168 Å². The second-order valence-corrected chi connectivity index (χ2v) is 13.3. The van der Waals surface area contributed by atoms with Crippen LogP contribution in [0.4, 0.5) is 0 Å². The first-order valence-electron chi connectivity index (χ1n) is 17.4. The average molecular weight is 662 g/mol. The van der Waals surface area contributed by atoms with Crippen molar-refractivity contribution in [2.75, 3.05) is 0 Å². The molecule has 244 valence electrons. The predicted octanol–water partition coefficient (Wildman–Crippen LogP) is 11.2. The molecule has 3 N–H and O–H groups in total. The van der Waals surface area contributed by atoms with E-state index in [1.807, 2.05) is 30.3 Å². The minimum absolute atomic E-state index is 0.125. The van der Waals surface area contributed by atoms with Crippen LogP contribution in [0.15, 0.2) is 165 Å². The largest absolute Gasteiger partial charge is 0.456 e. The molecule has 3 unspecified atom stereocenters. The summed E-state index contributed by atoms with van der Waals surface area (Å²) in [5.74, 6) is 0. The van der Waals surface area contributed by atoms with Gasteiger partial charge in [-0.05, 0) is 47.0 Å². The van der Waals surface area contributed by atoms with E-state index in [-0.39, 0.29) is 18.5 Å². The quantitative estimate of drug-likeness (QED) is 0.174. The van der Waals surface area contributed by atoms with Crippen molar-refractivity contribution < 1.29 is 13.3 Å². The molecule has 1 aliphatic heterocycles. The maximum absolute atomic E-state index is 6.50. The molecular formula is C45H31N3O3. The van der Waals surface area contributed by atoms with Gasteiger partial charge >= 0.3 is 0 Å². The van der Waals surface area contributed by atoms with Gasteiger partial charge in [-0.2, -0.15) is 0 Å². The maximum atomic E-state index is 6.50. The van der Waals surface area contributed by atoms with Gasteiger partial charge in [0.1, 0.15) is 33.5 Å². The summed E-state index contributed by atoms with van der Waals surface area (Å²) in [7, 11) is 0. The van der Waals surface area contributed by atoms with Crippen molar-refractivity contribution in [2.45, 2.75) is 18.5 Å². The molecule has 3 aromatic heterocycles. The van der Waals surface area contributed by atoms with Gasteiger partial charge in [-0.25, -0.2) is 0 Å². The first-order chi connectivity index (χ1) is 25.3. The third-order valence-electron chi connectivity index (χ3n) is 10.4. The summed E-state index contributed by atoms with van der Waals surface area (Å²) in [5.41, 5.74) is 10.7. The summed E-state index contributed by atoms with van der Waals surface area (Å²) >= 11 is 0. The Morgan fingerprint density at radius 1 is 0.353 bits per heavy atom. The molecule has 1 saturated heterocycles. The minimum Gasteiger partial charge on any atom is -0.456 e. The molecule has 1 fully saturated rings. The van der Waals surface area contributed by atoms with Crippen LogP contribution >= 0.6 is 0 Å². The number of hydrogen-bond acceptors (Lipinski definition) is 6. The highest BCUT2D eigenvalue weighted by Gasteiger charge is 2.32. The van der Waals surface area contributed by atoms with Crippen LogP contribution < -0.4 is 16.0 Å². The Morgan fingerprint density at radius 2 is 0.922 bits per heavy atom. The van der Waals surface area contributed by atoms with E-state index < -0.39 is 0 Å². The van der Waals surface area contributed by atoms with Crippen LogP contribution in [0.2, 0.25) is 0 Å². The van der Waals surface area contributed by atoms with Gasteiger partial charge in [0.05, 0.1) is 18.5 Å². The second kappa shape index (κ2) is 11.2. The molecule has 0 radical (unpaired) electrons. The van der Waals surface area contributed by atoms with Crippen LogP contribution in [-0.2, 0) is 0 Å². The van der Waals surface area contributed by atoms with E-state index in [0.29, 0.717) is 0 Å². The summed E-state index contributed by atoms with van der Waals surface area (Å²) in [6.45, 7) is 0. The lowest BCUT2D eigenvalue weighted by atomic mass is 9.96. The van der Waals surface area contributed by atoms with E-state index in [1.54, 1.807) is 0 Å². The van der Waals surface area contributed by atoms with Crippen LogP contribution in [0.1, 0.15) is 35.2 Å². The Bertz CT molecular complexity index is 2940. The number of benzene rings is 7. The highest BCUT2D eigenvalue weighted by molar-refractivity contribution is 6.17. The van der Waals surface area contributed by atoms with Crippen molar-refractivity contribution in [2.24, 2.45) is 0 Å². The molecular weight excluding hydrogens is 631 g/mol. The molecule has 0 saturated carbocycles. The molecule has 10 aromatic rings. The summed E-state index contributed by atoms with van der Waals surface area (Å²) in [5, 5.41) is 18.1. The molecule has 3 atom stereocenters. The SMILES string of the molecule is c1ccc(C2NC(c3ccc4oc5cccc(-c6cccc7c6oc6ccccc67)c5c4c3)NC(c3cccc4c3oc3ccccc34)N2)cc1. The number of furan rings is 3. The van der Waals surface area contributed by atoms with E-state index >= 15 is 0 Å². The molecule has 0 spiro atoms. The summed E-state index contributed by atoms with van der Waals surface area (Å²) in [6.07, 6.45) is -0.523. The van der Waals surface area contributed by atoms with E-state index in [4.69, 9.17) is 13.3 Å². The van der Waals surface area contributed by atoms with Crippen molar-refractivity contribution in [3.63, 3.8) is 0 Å². The molecule has 4 heterocycles. The van der Waals surface area contributed by atoms with E-state index in [1.165, 1.54) is 0 Å². The van der Waals surface area contributed by atoms with Gasteiger partial charge in [-0.1, -0.05) is 121 Å². The van der Waals surface area contributed by atoms with Crippen molar-refractivity contribution >= 4 is 65.8 Å². The number of fused-ring (bicyclic) bond motifs is 9. The lowest BCUT2D eigenvalue weighted by molar-refractivity contribution is 0.203. The normalized spacial score (nSPS) is 18.2. The van der Waals surface area contributed by atoms with Crippen LogP contribution in [-0.4, -0.2) is 0 Å². The molecule has 51 heavy (non-hydrogen) atoms. The van der Waals surface area contributed by atoms with Gasteiger partial charge in [-0.15, -0.1) is 0 Å². The summed E-state index contributed by atoms with van der Waals surface area (Å²) < 4.78 is 19.5. The topological polar surface area (TPSA) is 75.5 Å². The molecule has 6 heteroatoms. The summed E-state index contributed by atoms with van der Waals surface area (Å²) in [6, 6.07) is 52.6. The van der Waals surface area contributed by atoms with E-state index in [2.05, 4.69) is 137 Å². The number of hydrogen-bond donors (Lipinski definition) is 3. The first-order valence-corrected chi connectivity index (χ1v) is 17.4. The molecule has 11 rings (SSSR count). The third kappa shape index (κ3) is 4.48. The van der Waals surface area contributed by atoms with Crippen LogP contribution in [0.3, 0.4) is 0 Å². The van der Waals surface area contributed by atoms with Crippen molar-refractivity contribution in [1.82, 2.24) is 16.0 Å². The fourth-order valence-corrected chi connectivity index (χ4v) is 8.06. The first kappa shape index (κ1) is 28.6. The molecule has 0 aliphatic carbocycles. The number of nitrogens with one attached hydrogen (secondary N) is 3. The maximum Gasteiger partial charge on any atom is 0.143 e. The molecule has 7 aromatic carbocycles. The zero-order valence-corrected chi connectivity index (χ0v) is 27.4. The molecule has 0 amide bonds. The Kier molecular flexibility index (Phi) is 6.27. The smallest absolute Gasteiger partial charge is 0.143 e. The third-order valence-corrected chi connectivity index (χ3v) is 10.4. The van der Waals surface area contributed by atoms with Crippen molar-refractivity contribution in [1.29, 1.82) is 0 Å². The Labute approximate surface area is 292 Å². The Hall–Kier alpha value is -6.18. The fraction of sp³-hybridized carbons (Fsp3) is 0.0667. The van der Waals surface area contributed by atoms with E-state index in [0.717, 1.165) is 93.6 Å². The standard InChI is InChI=1S/C45H31N3O3/c1-2-11-26(12-3-1)43-46-44(48-45(47-43)34-19-9-17-32-29-14-5-7-21-37(29)51-42(32)34)27-23-24-38-35(25-27)40-30(15-10-22-39(40)49-38)33-18-8-16-31-28-13-4-6-20-36(28)50-41(31)33/h1-25,43-48H. The summed E-state index contributed by atoms with van der Waals surface area (Å²) in [4.78, 5) is 0. The zero-order chi connectivity index (χ0) is 33.5. The molecule has 6 nitrogen and oxygen atoms in total. The van der Waals surface area contributed by atoms with Gasteiger partial charge in [0.15, 0.2) is 0 Å². The molecule has 0 bridgehead atoms. The number of rotatable bonds is 4. The Morgan fingerprint density at radius 3 is 1.73 bits per heavy atom. The monoisotopic (exact) mass is 661 g/mol. The second-order valence-electron chi connectivity index (χ2n) is 13.3. The minimum atomic E-state index is -0.205. The van der Waals surface area contributed by atoms with Gasteiger partial charge in [0, 0.05) is 43.4 Å². The van der Waals surface area contributed by atoms with Gasteiger partial charge in [0.25, 0.3) is 0 Å². The van der Waals surface area contributed by atoms with Gasteiger partial charge < -0.3 is 13.3 Å². The molecule has 1 aliphatic rings. The van der Waals surface area contributed by atoms with Gasteiger partial charge in [-0.3, -0.25) is 16.0 Å². The van der Waals surface area contributed by atoms with Gasteiger partial charge in [0.2, 0.25) is 0 Å². The Balaban J connectivity index is 1.06. The lowest BCUT2D eigenvalue weighted by Gasteiger charge is -2.39. The zero-order valence-electron chi connectivity index (χ0n) is 27.4. The highest BCUT2D eigenvalue weighted by atomic mass is 16.3. The van der Waals surface area contributed by atoms with Crippen molar-refractivity contribution in [3.8, 4) is 11.1 Å². The van der Waals surface area contributed by atoms with Crippen LogP contribution in [0.5, 0.6) is 0 Å². The van der Waals surface area contributed by atoms with E-state index in [9.17, 15) is 0 Å². The lowest BCUT2D eigenvalue weighted by Crippen LogP contribution is -2.54. The van der Waals surface area contributed by atoms with Crippen LogP contribution in [0.25, 0.3) is 76.9 Å². The van der Waals surface area contributed by atoms with Crippen LogP contribution in [0, 0.1) is 0 Å². The predicted molar refractivity (Wildman–Crippen MR) is 204 cm³/mol. The fourth-order valence-electron chi connectivity index (χ4n) is 8.06. The average Bonchev–Trinajstić information content (AvgIpc) is 3.89. The number of para-hydroxylation sites is 4.